The molecule has 9 heteroatoms. The predicted octanol–water partition coefficient (Wildman–Crippen LogP) is 4.42. The quantitative estimate of drug-likeness (QED) is 0.399. The van der Waals surface area contributed by atoms with Crippen LogP contribution in [0, 0.1) is 0 Å². The average Bonchev–Trinajstić information content (AvgIpc) is 3.53. The van der Waals surface area contributed by atoms with Crippen molar-refractivity contribution < 1.29 is 17.9 Å². The van der Waals surface area contributed by atoms with Crippen LogP contribution < -0.4 is 10.1 Å². The molecule has 1 aromatic heterocycles. The molecule has 1 atom stereocenters. The number of rotatable bonds is 7. The van der Waals surface area contributed by atoms with Crippen LogP contribution in [0.4, 0.5) is 5.69 Å². The summed E-state index contributed by atoms with van der Waals surface area (Å²) >= 11 is 0. The second kappa shape index (κ2) is 9.52. The minimum absolute atomic E-state index is 0.133. The number of H-pyrrole nitrogens is 1. The molecular weight excluding hydrogens is 464 g/mol. The molecule has 0 aliphatic carbocycles. The lowest BCUT2D eigenvalue weighted by molar-refractivity contribution is -0.119. The van der Waals surface area contributed by atoms with Crippen molar-refractivity contribution >= 4 is 32.7 Å². The molecule has 1 aliphatic heterocycles. The van der Waals surface area contributed by atoms with E-state index < -0.39 is 16.1 Å². The second-order valence-corrected chi connectivity index (χ2v) is 10.2. The largest absolute Gasteiger partial charge is 0.494 e. The summed E-state index contributed by atoms with van der Waals surface area (Å²) in [7, 11) is -3.88. The normalized spacial score (nSPS) is 16.4. The Hall–Kier alpha value is -3.69. The molecule has 35 heavy (non-hydrogen) atoms. The fourth-order valence-corrected chi connectivity index (χ4v) is 6.02. The molecule has 1 fully saturated rings. The molecule has 8 nitrogen and oxygen atoms in total. The molecule has 2 heterocycles. The molecule has 0 spiro atoms. The van der Waals surface area contributed by atoms with Crippen molar-refractivity contribution in [3.05, 3.63) is 72.8 Å². The fourth-order valence-electron chi connectivity index (χ4n) is 4.33. The number of aromatic nitrogens is 2. The van der Waals surface area contributed by atoms with Crippen LogP contribution >= 0.6 is 0 Å². The highest BCUT2D eigenvalue weighted by Crippen LogP contribution is 2.29. The van der Waals surface area contributed by atoms with E-state index in [1.807, 2.05) is 37.3 Å². The van der Waals surface area contributed by atoms with Gasteiger partial charge >= 0.3 is 0 Å². The highest BCUT2D eigenvalue weighted by molar-refractivity contribution is 7.89. The van der Waals surface area contributed by atoms with E-state index in [0.29, 0.717) is 54.3 Å². The van der Waals surface area contributed by atoms with Gasteiger partial charge in [-0.3, -0.25) is 4.79 Å². The summed E-state index contributed by atoms with van der Waals surface area (Å²) in [5.74, 6) is 1.04. The number of carbonyl (C=O) groups is 1. The van der Waals surface area contributed by atoms with Crippen molar-refractivity contribution in [3.63, 3.8) is 0 Å². The van der Waals surface area contributed by atoms with Crippen LogP contribution in [0.25, 0.3) is 22.4 Å². The van der Waals surface area contributed by atoms with Crippen molar-refractivity contribution in [2.45, 2.75) is 30.7 Å². The van der Waals surface area contributed by atoms with E-state index in [2.05, 4.69) is 15.3 Å². The minimum atomic E-state index is -3.88. The molecular formula is C26H26N4O4S. The minimum Gasteiger partial charge on any atom is -0.494 e. The molecule has 180 valence electrons. The van der Waals surface area contributed by atoms with Gasteiger partial charge in [-0.2, -0.15) is 4.31 Å². The van der Waals surface area contributed by atoms with E-state index in [1.165, 1.54) is 4.31 Å². The van der Waals surface area contributed by atoms with Gasteiger partial charge in [0.15, 0.2) is 0 Å². The summed E-state index contributed by atoms with van der Waals surface area (Å²) in [6.45, 7) is 2.75. The summed E-state index contributed by atoms with van der Waals surface area (Å²) < 4.78 is 33.8. The molecule has 5 rings (SSSR count). The number of hydrogen-bond donors (Lipinski definition) is 2. The zero-order valence-electron chi connectivity index (χ0n) is 19.3. The van der Waals surface area contributed by atoms with E-state index >= 15 is 0 Å². The number of benzene rings is 3. The molecule has 3 aromatic carbocycles. The molecule has 0 bridgehead atoms. The number of carbonyl (C=O) groups excluding carboxylic acids is 1. The van der Waals surface area contributed by atoms with Gasteiger partial charge in [-0.05, 0) is 62.2 Å². The zero-order valence-corrected chi connectivity index (χ0v) is 20.1. The third kappa shape index (κ3) is 4.65. The third-order valence-electron chi connectivity index (χ3n) is 6.05. The van der Waals surface area contributed by atoms with Gasteiger partial charge < -0.3 is 15.0 Å². The van der Waals surface area contributed by atoms with Crippen LogP contribution in [-0.4, -0.2) is 47.8 Å². The number of nitrogens with zero attached hydrogens (tertiary/aromatic N) is 2. The monoisotopic (exact) mass is 490 g/mol. The summed E-state index contributed by atoms with van der Waals surface area (Å²) in [6, 6.07) is 20.7. The van der Waals surface area contributed by atoms with Crippen LogP contribution in [0.1, 0.15) is 19.8 Å². The first-order chi connectivity index (χ1) is 17.0. The van der Waals surface area contributed by atoms with Crippen LogP contribution in [0.2, 0.25) is 0 Å². The highest BCUT2D eigenvalue weighted by atomic mass is 32.2. The first-order valence-electron chi connectivity index (χ1n) is 11.6. The Morgan fingerprint density at radius 3 is 2.63 bits per heavy atom. The number of aromatic amines is 1. The van der Waals surface area contributed by atoms with Crippen molar-refractivity contribution in [2.75, 3.05) is 18.5 Å². The van der Waals surface area contributed by atoms with E-state index in [4.69, 9.17) is 4.74 Å². The molecule has 2 N–H and O–H groups in total. The van der Waals surface area contributed by atoms with Crippen LogP contribution in [0.15, 0.2) is 77.7 Å². The maximum absolute atomic E-state index is 13.5. The predicted molar refractivity (Wildman–Crippen MR) is 135 cm³/mol. The average molecular weight is 491 g/mol. The van der Waals surface area contributed by atoms with Crippen molar-refractivity contribution in [3.8, 4) is 17.1 Å². The number of hydrogen-bond acceptors (Lipinski definition) is 5. The lowest BCUT2D eigenvalue weighted by Gasteiger charge is -2.23. The Labute approximate surface area is 204 Å². The number of anilines is 1. The standard InChI is InChI=1S/C26H26N4O4S/c1-2-34-20-12-10-19(11-13-20)27-26(31)24-9-6-16-30(24)35(32,33)21-14-15-22-23(17-21)29-25(28-22)18-7-4-3-5-8-18/h3-5,7-8,10-15,17,24H,2,6,9,16H2,1H3,(H,27,31)(H,28,29)/t24-/m0/s1. The SMILES string of the molecule is CCOc1ccc(NC(=O)[C@@H]2CCCN2S(=O)(=O)c2ccc3nc(-c4ccccc4)[nH]c3c2)cc1. The van der Waals surface area contributed by atoms with Crippen LogP contribution in [0.3, 0.4) is 0 Å². The van der Waals surface area contributed by atoms with Gasteiger partial charge in [0, 0.05) is 17.8 Å². The molecule has 0 unspecified atom stereocenters. The fraction of sp³-hybridized carbons (Fsp3) is 0.231. The molecule has 0 saturated carbocycles. The maximum Gasteiger partial charge on any atom is 0.243 e. The number of fused-ring (bicyclic) bond motifs is 1. The number of sulfonamides is 1. The molecule has 1 aliphatic rings. The van der Waals surface area contributed by atoms with Gasteiger partial charge in [-0.25, -0.2) is 13.4 Å². The Balaban J connectivity index is 1.37. The topological polar surface area (TPSA) is 104 Å². The summed E-state index contributed by atoms with van der Waals surface area (Å²) in [6.07, 6.45) is 1.08. The first-order valence-corrected chi connectivity index (χ1v) is 13.0. The van der Waals surface area contributed by atoms with Crippen molar-refractivity contribution in [1.29, 1.82) is 0 Å². The summed E-state index contributed by atoms with van der Waals surface area (Å²) in [4.78, 5) is 20.9. The van der Waals surface area contributed by atoms with Crippen molar-refractivity contribution in [2.24, 2.45) is 0 Å². The first kappa shape index (κ1) is 23.1. The van der Waals surface area contributed by atoms with Crippen molar-refractivity contribution in [1.82, 2.24) is 14.3 Å². The van der Waals surface area contributed by atoms with Gasteiger partial charge in [0.05, 0.1) is 22.5 Å². The lowest BCUT2D eigenvalue weighted by atomic mass is 10.2. The Bertz CT molecular complexity index is 1450. The smallest absolute Gasteiger partial charge is 0.243 e. The van der Waals surface area contributed by atoms with Gasteiger partial charge in [0.2, 0.25) is 15.9 Å². The number of amides is 1. The highest BCUT2D eigenvalue weighted by Gasteiger charge is 2.39. The van der Waals surface area contributed by atoms with E-state index in [9.17, 15) is 13.2 Å². The molecule has 4 aromatic rings. The van der Waals surface area contributed by atoms with Crippen LogP contribution in [-0.2, 0) is 14.8 Å². The second-order valence-electron chi connectivity index (χ2n) is 8.35. The summed E-state index contributed by atoms with van der Waals surface area (Å²) in [5.41, 5.74) is 2.81. The van der Waals surface area contributed by atoms with E-state index in [0.717, 1.165) is 5.56 Å². The maximum atomic E-state index is 13.5. The lowest BCUT2D eigenvalue weighted by Crippen LogP contribution is -2.43. The van der Waals surface area contributed by atoms with Gasteiger partial charge in [0.25, 0.3) is 0 Å². The zero-order chi connectivity index (χ0) is 24.4. The molecule has 1 saturated heterocycles. The molecule has 1 amide bonds. The Kier molecular flexibility index (Phi) is 6.27. The Morgan fingerprint density at radius 2 is 1.89 bits per heavy atom. The van der Waals surface area contributed by atoms with Gasteiger partial charge in [0.1, 0.15) is 17.6 Å². The van der Waals surface area contributed by atoms with E-state index in [1.54, 1.807) is 42.5 Å². The van der Waals surface area contributed by atoms with Gasteiger partial charge in [-0.15, -0.1) is 0 Å². The third-order valence-corrected chi connectivity index (χ3v) is 7.95. The van der Waals surface area contributed by atoms with Gasteiger partial charge in [-0.1, -0.05) is 30.3 Å². The number of nitrogens with one attached hydrogen (secondary N) is 2. The Morgan fingerprint density at radius 1 is 1.11 bits per heavy atom. The number of ether oxygens (including phenoxy) is 1. The van der Waals surface area contributed by atoms with Crippen LogP contribution in [0.5, 0.6) is 5.75 Å². The van der Waals surface area contributed by atoms with E-state index in [-0.39, 0.29) is 10.8 Å². The summed E-state index contributed by atoms with van der Waals surface area (Å²) in [5, 5.41) is 2.84. The molecule has 0 radical (unpaired) electrons. The number of imidazole rings is 1.